The fraction of sp³-hybridized carbons (Fsp3) is 0.222. The Hall–Kier alpha value is -2.53. The van der Waals surface area contributed by atoms with Crippen LogP contribution in [-0.2, 0) is 9.59 Å². The molecule has 0 aromatic heterocycles. The number of benzene rings is 2. The Balaban J connectivity index is 2.09. The molecular formula is C18H19ClN2O3. The first-order valence-corrected chi connectivity index (χ1v) is 7.85. The van der Waals surface area contributed by atoms with Crippen LogP contribution in [-0.4, -0.2) is 17.9 Å². The number of nitrogens with one attached hydrogen (secondary N) is 2. The summed E-state index contributed by atoms with van der Waals surface area (Å²) in [6, 6.07) is 12.3. The van der Waals surface area contributed by atoms with Gasteiger partial charge in [-0.25, -0.2) is 0 Å². The quantitative estimate of drug-likeness (QED) is 0.859. The first-order chi connectivity index (χ1) is 11.4. The van der Waals surface area contributed by atoms with Gasteiger partial charge in [-0.05, 0) is 43.7 Å². The van der Waals surface area contributed by atoms with E-state index in [1.165, 1.54) is 6.92 Å². The Morgan fingerprint density at radius 2 is 1.67 bits per heavy atom. The number of carbonyl (C=O) groups is 2. The van der Waals surface area contributed by atoms with Crippen LogP contribution in [0.5, 0.6) is 5.75 Å². The summed E-state index contributed by atoms with van der Waals surface area (Å²) in [4.78, 5) is 23.6. The lowest BCUT2D eigenvalue weighted by Crippen LogP contribution is -2.30. The van der Waals surface area contributed by atoms with Gasteiger partial charge in [-0.1, -0.05) is 29.8 Å². The molecule has 2 amide bonds. The van der Waals surface area contributed by atoms with E-state index in [1.54, 1.807) is 49.4 Å². The van der Waals surface area contributed by atoms with Gasteiger partial charge in [0.05, 0.1) is 5.02 Å². The van der Waals surface area contributed by atoms with E-state index in [0.29, 0.717) is 22.1 Å². The van der Waals surface area contributed by atoms with E-state index in [4.69, 9.17) is 16.3 Å². The molecule has 0 bridgehead atoms. The van der Waals surface area contributed by atoms with Crippen molar-refractivity contribution < 1.29 is 14.3 Å². The van der Waals surface area contributed by atoms with Crippen molar-refractivity contribution in [1.82, 2.24) is 0 Å². The van der Waals surface area contributed by atoms with Crippen LogP contribution in [0.25, 0.3) is 0 Å². The predicted octanol–water partition coefficient (Wildman–Crippen LogP) is 4.01. The van der Waals surface area contributed by atoms with Crippen molar-refractivity contribution >= 4 is 34.8 Å². The fourth-order valence-corrected chi connectivity index (χ4v) is 2.30. The Morgan fingerprint density at radius 3 is 2.29 bits per heavy atom. The number of hydrogen-bond acceptors (Lipinski definition) is 3. The largest absolute Gasteiger partial charge is 0.479 e. The van der Waals surface area contributed by atoms with E-state index in [1.807, 2.05) is 6.92 Å². The SMILES string of the molecule is CC(=O)Nc1cccc(NC(=O)C(C)Oc2ccccc2Cl)c1C. The molecule has 5 nitrogen and oxygen atoms in total. The average Bonchev–Trinajstić information content (AvgIpc) is 2.53. The molecule has 0 radical (unpaired) electrons. The fourth-order valence-electron chi connectivity index (χ4n) is 2.11. The Morgan fingerprint density at radius 1 is 1.04 bits per heavy atom. The molecule has 2 rings (SSSR count). The van der Waals surface area contributed by atoms with Gasteiger partial charge >= 0.3 is 0 Å². The van der Waals surface area contributed by atoms with Crippen LogP contribution in [0.15, 0.2) is 42.5 Å². The third kappa shape index (κ3) is 4.49. The Labute approximate surface area is 146 Å². The van der Waals surface area contributed by atoms with Gasteiger partial charge < -0.3 is 15.4 Å². The molecule has 0 fully saturated rings. The molecule has 0 aliphatic carbocycles. The summed E-state index contributed by atoms with van der Waals surface area (Å²) >= 11 is 6.03. The number of halogens is 1. The highest BCUT2D eigenvalue weighted by atomic mass is 35.5. The minimum Gasteiger partial charge on any atom is -0.479 e. The van der Waals surface area contributed by atoms with Gasteiger partial charge in [0.25, 0.3) is 5.91 Å². The number of amides is 2. The third-order valence-electron chi connectivity index (χ3n) is 3.41. The van der Waals surface area contributed by atoms with Crippen molar-refractivity contribution in [3.05, 3.63) is 53.1 Å². The maximum absolute atomic E-state index is 12.3. The van der Waals surface area contributed by atoms with Gasteiger partial charge in [0.1, 0.15) is 5.75 Å². The zero-order valence-electron chi connectivity index (χ0n) is 13.7. The van der Waals surface area contributed by atoms with Crippen molar-refractivity contribution in [2.75, 3.05) is 10.6 Å². The van der Waals surface area contributed by atoms with Crippen molar-refractivity contribution in [2.24, 2.45) is 0 Å². The molecule has 2 aromatic rings. The Kier molecular flexibility index (Phi) is 5.82. The minimum atomic E-state index is -0.728. The molecule has 6 heteroatoms. The van der Waals surface area contributed by atoms with Gasteiger partial charge in [0.15, 0.2) is 6.10 Å². The number of para-hydroxylation sites is 1. The molecule has 2 aromatic carbocycles. The average molecular weight is 347 g/mol. The number of ether oxygens (including phenoxy) is 1. The highest BCUT2D eigenvalue weighted by Gasteiger charge is 2.17. The molecule has 1 atom stereocenters. The minimum absolute atomic E-state index is 0.169. The zero-order valence-corrected chi connectivity index (χ0v) is 14.5. The van der Waals surface area contributed by atoms with Crippen LogP contribution in [0.2, 0.25) is 5.02 Å². The molecule has 126 valence electrons. The summed E-state index contributed by atoms with van der Waals surface area (Å²) in [6.45, 7) is 4.90. The maximum Gasteiger partial charge on any atom is 0.265 e. The second-order valence-electron chi connectivity index (χ2n) is 5.34. The summed E-state index contributed by atoms with van der Waals surface area (Å²) < 4.78 is 5.60. The van der Waals surface area contributed by atoms with Gasteiger partial charge in [-0.3, -0.25) is 9.59 Å². The van der Waals surface area contributed by atoms with Crippen LogP contribution >= 0.6 is 11.6 Å². The number of carbonyl (C=O) groups excluding carboxylic acids is 2. The van der Waals surface area contributed by atoms with E-state index in [9.17, 15) is 9.59 Å². The second kappa shape index (κ2) is 7.84. The smallest absolute Gasteiger partial charge is 0.265 e. The lowest BCUT2D eigenvalue weighted by atomic mass is 10.1. The van der Waals surface area contributed by atoms with E-state index < -0.39 is 6.10 Å². The molecule has 0 heterocycles. The van der Waals surface area contributed by atoms with Gasteiger partial charge in [0.2, 0.25) is 5.91 Å². The van der Waals surface area contributed by atoms with Crippen molar-refractivity contribution in [1.29, 1.82) is 0 Å². The predicted molar refractivity (Wildman–Crippen MR) is 95.7 cm³/mol. The second-order valence-corrected chi connectivity index (χ2v) is 5.75. The molecule has 2 N–H and O–H groups in total. The standard InChI is InChI=1S/C18H19ClN2O3/c1-11-15(20-13(3)22)8-6-9-16(11)21-18(23)12(2)24-17-10-5-4-7-14(17)19/h4-10,12H,1-3H3,(H,20,22)(H,21,23). The summed E-state index contributed by atoms with van der Waals surface area (Å²) in [5.74, 6) is -0.0273. The lowest BCUT2D eigenvalue weighted by Gasteiger charge is -2.17. The van der Waals surface area contributed by atoms with Crippen molar-refractivity contribution in [3.8, 4) is 5.75 Å². The third-order valence-corrected chi connectivity index (χ3v) is 3.72. The van der Waals surface area contributed by atoms with Crippen molar-refractivity contribution in [2.45, 2.75) is 26.9 Å². The molecule has 1 unspecified atom stereocenters. The summed E-state index contributed by atoms with van der Waals surface area (Å²) in [7, 11) is 0. The first kappa shape index (κ1) is 17.8. The highest BCUT2D eigenvalue weighted by molar-refractivity contribution is 6.32. The number of anilines is 2. The molecule has 0 aliphatic rings. The molecule has 24 heavy (non-hydrogen) atoms. The maximum atomic E-state index is 12.3. The summed E-state index contributed by atoms with van der Waals surface area (Å²) in [6.07, 6.45) is -0.728. The number of rotatable bonds is 5. The van der Waals surface area contributed by atoms with Gasteiger partial charge in [0, 0.05) is 18.3 Å². The highest BCUT2D eigenvalue weighted by Crippen LogP contribution is 2.26. The van der Waals surface area contributed by atoms with E-state index in [-0.39, 0.29) is 11.8 Å². The van der Waals surface area contributed by atoms with E-state index in [0.717, 1.165) is 5.56 Å². The molecule has 0 aliphatic heterocycles. The summed E-state index contributed by atoms with van der Waals surface area (Å²) in [5, 5.41) is 5.97. The van der Waals surface area contributed by atoms with Crippen LogP contribution in [0.1, 0.15) is 19.4 Å². The first-order valence-electron chi connectivity index (χ1n) is 7.47. The lowest BCUT2D eigenvalue weighted by molar-refractivity contribution is -0.122. The molecule has 0 saturated carbocycles. The molecule has 0 saturated heterocycles. The normalized spacial score (nSPS) is 11.5. The van der Waals surface area contributed by atoms with E-state index in [2.05, 4.69) is 10.6 Å². The monoisotopic (exact) mass is 346 g/mol. The van der Waals surface area contributed by atoms with Crippen molar-refractivity contribution in [3.63, 3.8) is 0 Å². The topological polar surface area (TPSA) is 67.4 Å². The summed E-state index contributed by atoms with van der Waals surface area (Å²) in [5.41, 5.74) is 2.03. The van der Waals surface area contributed by atoms with E-state index >= 15 is 0 Å². The van der Waals surface area contributed by atoms with Gasteiger partial charge in [-0.2, -0.15) is 0 Å². The van der Waals surface area contributed by atoms with Crippen LogP contribution in [0.4, 0.5) is 11.4 Å². The van der Waals surface area contributed by atoms with Gasteiger partial charge in [-0.15, -0.1) is 0 Å². The number of hydrogen-bond donors (Lipinski definition) is 2. The molecule has 0 spiro atoms. The van der Waals surface area contributed by atoms with Crippen LogP contribution in [0, 0.1) is 6.92 Å². The van der Waals surface area contributed by atoms with Crippen LogP contribution in [0.3, 0.4) is 0 Å². The molecular weight excluding hydrogens is 328 g/mol. The zero-order chi connectivity index (χ0) is 17.7. The Bertz CT molecular complexity index is 762. The van der Waals surface area contributed by atoms with Crippen LogP contribution < -0.4 is 15.4 Å².